The lowest BCUT2D eigenvalue weighted by Crippen LogP contribution is -2.24. The van der Waals surface area contributed by atoms with Crippen molar-refractivity contribution in [1.82, 2.24) is 0 Å². The van der Waals surface area contributed by atoms with E-state index in [1.807, 2.05) is 6.92 Å². The Morgan fingerprint density at radius 1 is 0.708 bits per heavy atom. The molecule has 1 N–H and O–H groups in total. The molecule has 0 aliphatic rings. The van der Waals surface area contributed by atoms with Crippen LogP contribution in [-0.2, 0) is 9.53 Å². The summed E-state index contributed by atoms with van der Waals surface area (Å²) in [6.45, 7) is 4.83. The maximum absolute atomic E-state index is 11.0. The molecular formula is C21H42O3. The van der Waals surface area contributed by atoms with Gasteiger partial charge in [-0.1, -0.05) is 104 Å². The Bertz CT molecular complexity index is 266. The molecule has 0 amide bonds. The fourth-order valence-electron chi connectivity index (χ4n) is 3.06. The third kappa shape index (κ3) is 16.3. The number of carboxylic acid groups (broad SMARTS) is 1. The van der Waals surface area contributed by atoms with E-state index < -0.39 is 12.1 Å². The first-order valence-electron chi connectivity index (χ1n) is 10.6. The maximum atomic E-state index is 11.0. The van der Waals surface area contributed by atoms with E-state index in [-0.39, 0.29) is 0 Å². The van der Waals surface area contributed by atoms with Gasteiger partial charge in [-0.25, -0.2) is 4.79 Å². The Hall–Kier alpha value is -0.570. The number of rotatable bonds is 19. The summed E-state index contributed by atoms with van der Waals surface area (Å²) in [5.41, 5.74) is 0. The topological polar surface area (TPSA) is 46.5 Å². The van der Waals surface area contributed by atoms with Crippen LogP contribution in [0.15, 0.2) is 0 Å². The molecule has 24 heavy (non-hydrogen) atoms. The zero-order valence-electron chi connectivity index (χ0n) is 16.4. The van der Waals surface area contributed by atoms with Gasteiger partial charge in [0.05, 0.1) is 0 Å². The van der Waals surface area contributed by atoms with Gasteiger partial charge in [-0.05, 0) is 12.8 Å². The highest BCUT2D eigenvalue weighted by Gasteiger charge is 2.16. The first kappa shape index (κ1) is 23.4. The fraction of sp³-hybridized carbons (Fsp3) is 0.952. The Labute approximate surface area is 150 Å². The molecule has 0 aromatic rings. The highest BCUT2D eigenvalue weighted by molar-refractivity contribution is 5.72. The summed E-state index contributed by atoms with van der Waals surface area (Å²) in [6, 6.07) is 0. The molecule has 0 aliphatic carbocycles. The van der Waals surface area contributed by atoms with Crippen molar-refractivity contribution in [2.45, 2.75) is 123 Å². The van der Waals surface area contributed by atoms with Crippen LogP contribution in [0.25, 0.3) is 0 Å². The quantitative estimate of drug-likeness (QED) is 0.264. The molecule has 0 bridgehead atoms. The molecule has 0 spiro atoms. The monoisotopic (exact) mass is 342 g/mol. The molecule has 1 atom stereocenters. The van der Waals surface area contributed by atoms with E-state index in [0.29, 0.717) is 13.0 Å². The zero-order valence-corrected chi connectivity index (χ0v) is 16.4. The number of ether oxygens (including phenoxy) is 1. The van der Waals surface area contributed by atoms with Gasteiger partial charge < -0.3 is 9.84 Å². The lowest BCUT2D eigenvalue weighted by atomic mass is 10.0. The van der Waals surface area contributed by atoms with Gasteiger partial charge in [0.25, 0.3) is 0 Å². The molecular weight excluding hydrogens is 300 g/mol. The van der Waals surface area contributed by atoms with Gasteiger partial charge in [-0.2, -0.15) is 0 Å². The highest BCUT2D eigenvalue weighted by Crippen LogP contribution is 2.14. The lowest BCUT2D eigenvalue weighted by molar-refractivity contribution is -0.150. The van der Waals surface area contributed by atoms with E-state index >= 15 is 0 Å². The van der Waals surface area contributed by atoms with Crippen LogP contribution in [0.3, 0.4) is 0 Å². The van der Waals surface area contributed by atoms with Gasteiger partial charge in [-0.15, -0.1) is 0 Å². The van der Waals surface area contributed by atoms with Crippen LogP contribution in [0, 0.1) is 0 Å². The first-order chi connectivity index (χ1) is 11.7. The summed E-state index contributed by atoms with van der Waals surface area (Å²) in [6.07, 6.45) is 19.5. The lowest BCUT2D eigenvalue weighted by Gasteiger charge is -2.12. The zero-order chi connectivity index (χ0) is 17.9. The van der Waals surface area contributed by atoms with Crippen LogP contribution in [0.5, 0.6) is 0 Å². The molecule has 3 nitrogen and oxygen atoms in total. The minimum atomic E-state index is -0.807. The van der Waals surface area contributed by atoms with Gasteiger partial charge >= 0.3 is 5.97 Å². The van der Waals surface area contributed by atoms with Crippen LogP contribution in [0.4, 0.5) is 0 Å². The summed E-state index contributed by atoms with van der Waals surface area (Å²) in [5, 5.41) is 9.08. The molecule has 0 rings (SSSR count). The molecule has 0 aromatic carbocycles. The minimum Gasteiger partial charge on any atom is -0.479 e. The smallest absolute Gasteiger partial charge is 0.332 e. The standard InChI is InChI=1S/C21H42O3/c1-3-5-6-7-8-9-10-11-12-13-14-15-16-17-18-20(21(22)23)24-19-4-2/h20H,3-19H2,1-2H3,(H,22,23). The van der Waals surface area contributed by atoms with Crippen LogP contribution >= 0.6 is 0 Å². The van der Waals surface area contributed by atoms with E-state index in [2.05, 4.69) is 6.92 Å². The molecule has 0 saturated heterocycles. The fourth-order valence-corrected chi connectivity index (χ4v) is 3.06. The number of hydrogen-bond acceptors (Lipinski definition) is 2. The van der Waals surface area contributed by atoms with Crippen LogP contribution < -0.4 is 0 Å². The number of hydrogen-bond donors (Lipinski definition) is 1. The van der Waals surface area contributed by atoms with Crippen molar-refractivity contribution in [2.75, 3.05) is 6.61 Å². The number of unbranched alkanes of at least 4 members (excludes halogenated alkanes) is 13. The Morgan fingerprint density at radius 3 is 1.50 bits per heavy atom. The molecule has 1 unspecified atom stereocenters. The van der Waals surface area contributed by atoms with Crippen molar-refractivity contribution in [3.05, 3.63) is 0 Å². The van der Waals surface area contributed by atoms with Crippen LogP contribution in [0.1, 0.15) is 117 Å². The van der Waals surface area contributed by atoms with Crippen LogP contribution in [0.2, 0.25) is 0 Å². The first-order valence-corrected chi connectivity index (χ1v) is 10.6. The second-order valence-electron chi connectivity index (χ2n) is 7.08. The van der Waals surface area contributed by atoms with Crippen molar-refractivity contribution in [2.24, 2.45) is 0 Å². The molecule has 0 heterocycles. The summed E-state index contributed by atoms with van der Waals surface area (Å²) in [4.78, 5) is 11.0. The predicted molar refractivity (Wildman–Crippen MR) is 103 cm³/mol. The van der Waals surface area contributed by atoms with E-state index in [9.17, 15) is 4.79 Å². The largest absolute Gasteiger partial charge is 0.479 e. The molecule has 0 aromatic heterocycles. The summed E-state index contributed by atoms with van der Waals surface area (Å²) in [7, 11) is 0. The maximum Gasteiger partial charge on any atom is 0.332 e. The van der Waals surface area contributed by atoms with Gasteiger partial charge in [0, 0.05) is 6.61 Å². The highest BCUT2D eigenvalue weighted by atomic mass is 16.5. The number of carbonyl (C=O) groups is 1. The Balaban J connectivity index is 3.25. The molecule has 0 radical (unpaired) electrons. The average molecular weight is 343 g/mol. The third-order valence-corrected chi connectivity index (χ3v) is 4.62. The van der Waals surface area contributed by atoms with Gasteiger partial charge in [0.15, 0.2) is 6.10 Å². The molecule has 144 valence electrons. The molecule has 0 aliphatic heterocycles. The number of aliphatic carboxylic acids is 1. The summed E-state index contributed by atoms with van der Waals surface area (Å²) in [5.74, 6) is -0.807. The van der Waals surface area contributed by atoms with Crippen LogP contribution in [-0.4, -0.2) is 23.8 Å². The Morgan fingerprint density at radius 2 is 1.12 bits per heavy atom. The van der Waals surface area contributed by atoms with E-state index in [4.69, 9.17) is 9.84 Å². The van der Waals surface area contributed by atoms with Gasteiger partial charge in [-0.3, -0.25) is 0 Å². The molecule has 0 fully saturated rings. The SMILES string of the molecule is CCCCCCCCCCCCCCCCC(OCCC)C(=O)O. The van der Waals surface area contributed by atoms with Crippen molar-refractivity contribution in [3.63, 3.8) is 0 Å². The molecule has 0 saturated carbocycles. The third-order valence-electron chi connectivity index (χ3n) is 4.62. The summed E-state index contributed by atoms with van der Waals surface area (Å²) >= 11 is 0. The number of carboxylic acids is 1. The van der Waals surface area contributed by atoms with Crippen molar-refractivity contribution < 1.29 is 14.6 Å². The van der Waals surface area contributed by atoms with E-state index in [0.717, 1.165) is 19.3 Å². The Kier molecular flexibility index (Phi) is 18.3. The predicted octanol–water partition coefficient (Wildman–Crippen LogP) is 6.74. The average Bonchev–Trinajstić information content (AvgIpc) is 2.57. The van der Waals surface area contributed by atoms with Crippen molar-refractivity contribution in [1.29, 1.82) is 0 Å². The van der Waals surface area contributed by atoms with E-state index in [1.54, 1.807) is 0 Å². The van der Waals surface area contributed by atoms with Crippen molar-refractivity contribution in [3.8, 4) is 0 Å². The second kappa shape index (κ2) is 18.8. The van der Waals surface area contributed by atoms with E-state index in [1.165, 1.54) is 77.0 Å². The van der Waals surface area contributed by atoms with Crippen molar-refractivity contribution >= 4 is 5.97 Å². The summed E-state index contributed by atoms with van der Waals surface area (Å²) < 4.78 is 5.37. The normalized spacial score (nSPS) is 12.4. The van der Waals surface area contributed by atoms with Gasteiger partial charge in [0.2, 0.25) is 0 Å². The minimum absolute atomic E-state index is 0.551. The second-order valence-corrected chi connectivity index (χ2v) is 7.08. The molecule has 3 heteroatoms. The van der Waals surface area contributed by atoms with Gasteiger partial charge in [0.1, 0.15) is 0 Å².